The van der Waals surface area contributed by atoms with E-state index in [2.05, 4.69) is 15.0 Å². The zero-order valence-corrected chi connectivity index (χ0v) is 16.8. The van der Waals surface area contributed by atoms with Crippen LogP contribution in [-0.2, 0) is 0 Å². The molecule has 0 amide bonds. The van der Waals surface area contributed by atoms with Gasteiger partial charge in [-0.05, 0) is 30.9 Å². The first-order valence-electron chi connectivity index (χ1n) is 9.16. The van der Waals surface area contributed by atoms with Gasteiger partial charge in [0.2, 0.25) is 0 Å². The predicted octanol–water partition coefficient (Wildman–Crippen LogP) is 4.47. The zero-order chi connectivity index (χ0) is 20.4. The lowest BCUT2D eigenvalue weighted by atomic mass is 10.1. The third-order valence-electron chi connectivity index (χ3n) is 5.40. The van der Waals surface area contributed by atoms with Crippen LogP contribution in [0.1, 0.15) is 42.9 Å². The second-order valence-electron chi connectivity index (χ2n) is 7.38. The summed E-state index contributed by atoms with van der Waals surface area (Å²) in [6.45, 7) is 1.83. The average molecular weight is 432 g/mol. The number of fused-ring (bicyclic) bond motifs is 2. The molecule has 0 aliphatic heterocycles. The van der Waals surface area contributed by atoms with Crippen LogP contribution in [0.4, 0.5) is 4.39 Å². The summed E-state index contributed by atoms with van der Waals surface area (Å²) in [7, 11) is 0. The molecule has 0 bridgehead atoms. The summed E-state index contributed by atoms with van der Waals surface area (Å²) >= 11 is 12.5. The third kappa shape index (κ3) is 2.84. The molecule has 6 nitrogen and oxygen atoms in total. The molecule has 2 unspecified atom stereocenters. The topological polar surface area (TPSA) is 89.6 Å². The van der Waals surface area contributed by atoms with E-state index in [1.807, 2.05) is 19.1 Å². The standard InChI is InChI=1S/C20H16Cl2FN5O/c1-8(24)13-5-9-3-2-4-11(21)15(9)20(29)28(13)14-6-10(14)18-26-17(22)16-12(23)7-25-19(16)27-18/h2-5,7-8,10,14H,6,24H2,1H3,(H,25,26,27)/t8-,10?,14?/m0/s1. The van der Waals surface area contributed by atoms with E-state index in [1.165, 1.54) is 6.20 Å². The first-order chi connectivity index (χ1) is 13.9. The van der Waals surface area contributed by atoms with Gasteiger partial charge in [0.25, 0.3) is 5.56 Å². The highest BCUT2D eigenvalue weighted by Crippen LogP contribution is 2.51. The summed E-state index contributed by atoms with van der Waals surface area (Å²) in [5.74, 6) is -0.155. The molecular formula is C20H16Cl2FN5O. The number of pyridine rings is 1. The van der Waals surface area contributed by atoms with E-state index in [4.69, 9.17) is 28.9 Å². The number of rotatable bonds is 3. The van der Waals surface area contributed by atoms with Crippen molar-refractivity contribution in [1.29, 1.82) is 0 Å². The van der Waals surface area contributed by atoms with Gasteiger partial charge in [0, 0.05) is 29.9 Å². The molecule has 9 heteroatoms. The summed E-state index contributed by atoms with van der Waals surface area (Å²) < 4.78 is 15.5. The molecule has 148 valence electrons. The van der Waals surface area contributed by atoms with E-state index < -0.39 is 5.82 Å². The van der Waals surface area contributed by atoms with Crippen LogP contribution in [0.3, 0.4) is 0 Å². The maximum Gasteiger partial charge on any atom is 0.260 e. The Hall–Kier alpha value is -2.48. The molecule has 4 aromatic rings. The van der Waals surface area contributed by atoms with Crippen molar-refractivity contribution in [3.63, 3.8) is 0 Å². The van der Waals surface area contributed by atoms with Crippen LogP contribution in [-0.4, -0.2) is 19.5 Å². The van der Waals surface area contributed by atoms with Crippen LogP contribution in [0.2, 0.25) is 10.2 Å². The molecule has 3 atom stereocenters. The van der Waals surface area contributed by atoms with Crippen LogP contribution < -0.4 is 11.3 Å². The van der Waals surface area contributed by atoms with Gasteiger partial charge in [-0.3, -0.25) is 4.79 Å². The van der Waals surface area contributed by atoms with Crippen molar-refractivity contribution in [2.75, 3.05) is 0 Å². The van der Waals surface area contributed by atoms with Crippen LogP contribution in [0.25, 0.3) is 21.8 Å². The Labute approximate surface area is 174 Å². The average Bonchev–Trinajstić information content (AvgIpc) is 3.36. The van der Waals surface area contributed by atoms with Crippen LogP contribution in [0, 0.1) is 5.82 Å². The molecule has 1 fully saturated rings. The largest absolute Gasteiger partial charge is 0.343 e. The Morgan fingerprint density at radius 1 is 1.31 bits per heavy atom. The molecule has 0 spiro atoms. The molecule has 1 aliphatic rings. The number of hydrogen-bond donors (Lipinski definition) is 2. The SMILES string of the molecule is C[C@H](N)c1cc2cccc(Cl)c2c(=O)n1C1CC1c1nc(Cl)c2c(F)c[nH]c2n1. The molecule has 1 saturated carbocycles. The number of nitrogens with two attached hydrogens (primary N) is 1. The van der Waals surface area contributed by atoms with Gasteiger partial charge in [0.15, 0.2) is 5.82 Å². The van der Waals surface area contributed by atoms with Crippen LogP contribution in [0.15, 0.2) is 35.3 Å². The summed E-state index contributed by atoms with van der Waals surface area (Å²) in [6, 6.07) is 6.73. The Balaban J connectivity index is 1.64. The van der Waals surface area contributed by atoms with Crippen molar-refractivity contribution in [3.8, 4) is 0 Å². The minimum atomic E-state index is -0.497. The van der Waals surface area contributed by atoms with E-state index in [0.29, 0.717) is 28.3 Å². The molecule has 0 radical (unpaired) electrons. The third-order valence-corrected chi connectivity index (χ3v) is 5.99. The maximum atomic E-state index is 13.8. The summed E-state index contributed by atoms with van der Waals surface area (Å²) in [5.41, 5.74) is 7.04. The van der Waals surface area contributed by atoms with Gasteiger partial charge in [-0.1, -0.05) is 35.3 Å². The van der Waals surface area contributed by atoms with Crippen molar-refractivity contribution in [2.24, 2.45) is 5.73 Å². The lowest BCUT2D eigenvalue weighted by Crippen LogP contribution is -2.27. The van der Waals surface area contributed by atoms with Gasteiger partial charge < -0.3 is 15.3 Å². The molecular weight excluding hydrogens is 416 g/mol. The number of benzene rings is 1. The molecule has 5 rings (SSSR count). The highest BCUT2D eigenvalue weighted by Gasteiger charge is 2.44. The van der Waals surface area contributed by atoms with Crippen LogP contribution in [0.5, 0.6) is 0 Å². The van der Waals surface area contributed by atoms with E-state index in [9.17, 15) is 9.18 Å². The quantitative estimate of drug-likeness (QED) is 0.468. The minimum Gasteiger partial charge on any atom is -0.343 e. The number of aromatic amines is 1. The number of halogens is 3. The molecule has 0 saturated heterocycles. The normalized spacial score (nSPS) is 19.8. The van der Waals surface area contributed by atoms with E-state index in [0.717, 1.165) is 11.1 Å². The number of nitrogens with zero attached hydrogens (tertiary/aromatic N) is 3. The maximum absolute atomic E-state index is 13.8. The van der Waals surface area contributed by atoms with Crippen molar-refractivity contribution < 1.29 is 4.39 Å². The Morgan fingerprint density at radius 2 is 2.10 bits per heavy atom. The van der Waals surface area contributed by atoms with E-state index >= 15 is 0 Å². The van der Waals surface area contributed by atoms with E-state index in [1.54, 1.807) is 16.7 Å². The summed E-state index contributed by atoms with van der Waals surface area (Å²) in [5, 5.41) is 1.84. The van der Waals surface area contributed by atoms with Crippen LogP contribution >= 0.6 is 23.2 Å². The van der Waals surface area contributed by atoms with Gasteiger partial charge >= 0.3 is 0 Å². The lowest BCUT2D eigenvalue weighted by Gasteiger charge is -2.17. The monoisotopic (exact) mass is 431 g/mol. The number of aromatic nitrogens is 4. The lowest BCUT2D eigenvalue weighted by molar-refractivity contribution is 0.604. The van der Waals surface area contributed by atoms with E-state index in [-0.39, 0.29) is 34.1 Å². The van der Waals surface area contributed by atoms with Gasteiger partial charge in [0.1, 0.15) is 16.6 Å². The highest BCUT2D eigenvalue weighted by atomic mass is 35.5. The predicted molar refractivity (Wildman–Crippen MR) is 111 cm³/mol. The summed E-state index contributed by atoms with van der Waals surface area (Å²) in [6.07, 6.45) is 1.85. The van der Waals surface area contributed by atoms with Crippen molar-refractivity contribution in [1.82, 2.24) is 19.5 Å². The Kier molecular flexibility index (Phi) is 4.17. The Bertz CT molecular complexity index is 1350. The highest BCUT2D eigenvalue weighted by molar-refractivity contribution is 6.35. The first-order valence-corrected chi connectivity index (χ1v) is 9.91. The molecule has 1 aliphatic carbocycles. The smallest absolute Gasteiger partial charge is 0.260 e. The number of H-pyrrole nitrogens is 1. The van der Waals surface area contributed by atoms with Crippen molar-refractivity contribution >= 4 is 45.0 Å². The fourth-order valence-electron chi connectivity index (χ4n) is 3.93. The Morgan fingerprint density at radius 3 is 2.86 bits per heavy atom. The molecule has 3 aromatic heterocycles. The minimum absolute atomic E-state index is 0.0516. The fraction of sp³-hybridized carbons (Fsp3) is 0.250. The molecule has 1 aromatic carbocycles. The molecule has 3 heterocycles. The second kappa shape index (κ2) is 6.52. The van der Waals surface area contributed by atoms with Gasteiger partial charge in [-0.25, -0.2) is 14.4 Å². The van der Waals surface area contributed by atoms with Gasteiger partial charge in [0.05, 0.1) is 15.8 Å². The second-order valence-corrected chi connectivity index (χ2v) is 8.14. The molecule has 3 N–H and O–H groups in total. The van der Waals surface area contributed by atoms with Crippen molar-refractivity contribution in [2.45, 2.75) is 31.3 Å². The summed E-state index contributed by atoms with van der Waals surface area (Å²) in [4.78, 5) is 24.8. The number of hydrogen-bond acceptors (Lipinski definition) is 4. The first kappa shape index (κ1) is 18.5. The van der Waals surface area contributed by atoms with Gasteiger partial charge in [-0.15, -0.1) is 0 Å². The fourth-order valence-corrected chi connectivity index (χ4v) is 4.46. The van der Waals surface area contributed by atoms with Crippen molar-refractivity contribution in [3.05, 3.63) is 68.3 Å². The molecule has 29 heavy (non-hydrogen) atoms. The number of nitrogens with one attached hydrogen (secondary N) is 1. The zero-order valence-electron chi connectivity index (χ0n) is 15.3. The van der Waals surface area contributed by atoms with Gasteiger partial charge in [-0.2, -0.15) is 0 Å².